The number of carbonyl (C=O) groups excluding carboxylic acids is 1. The average molecular weight is 338 g/mol. The van der Waals surface area contributed by atoms with E-state index in [2.05, 4.69) is 5.32 Å². The van der Waals surface area contributed by atoms with Gasteiger partial charge in [-0.2, -0.15) is 0 Å². The molecular formula is C13H17Cl2NO3S. The molecule has 112 valence electrons. The number of aryl methyl sites for hydroxylation is 1. The lowest BCUT2D eigenvalue weighted by molar-refractivity contribution is -0.147. The Balaban J connectivity index is 2.44. The monoisotopic (exact) mass is 337 g/mol. The Bertz CT molecular complexity index is 504. The minimum Gasteiger partial charge on any atom is -0.480 e. The van der Waals surface area contributed by atoms with Gasteiger partial charge >= 0.3 is 5.97 Å². The van der Waals surface area contributed by atoms with E-state index < -0.39 is 11.5 Å². The molecule has 0 fully saturated rings. The van der Waals surface area contributed by atoms with Gasteiger partial charge in [-0.3, -0.25) is 4.79 Å². The molecule has 0 spiro atoms. The van der Waals surface area contributed by atoms with Crippen LogP contribution in [0, 0.1) is 0 Å². The Labute approximate surface area is 132 Å². The Morgan fingerprint density at radius 1 is 1.45 bits per heavy atom. The lowest BCUT2D eigenvalue weighted by atomic mass is 9.99. The maximum Gasteiger partial charge on any atom is 0.329 e. The highest BCUT2D eigenvalue weighted by Gasteiger charge is 2.32. The zero-order chi connectivity index (χ0) is 15.3. The van der Waals surface area contributed by atoms with E-state index in [1.165, 1.54) is 18.3 Å². The molecule has 0 saturated carbocycles. The number of nitrogens with one attached hydrogen (secondary N) is 1. The molecule has 1 aromatic heterocycles. The Morgan fingerprint density at radius 3 is 2.55 bits per heavy atom. The second-order valence-corrected chi connectivity index (χ2v) is 7.03. The lowest BCUT2D eigenvalue weighted by Gasteiger charge is -2.24. The first-order chi connectivity index (χ1) is 9.28. The molecule has 2 N–H and O–H groups in total. The van der Waals surface area contributed by atoms with Crippen LogP contribution in [0.15, 0.2) is 6.07 Å². The largest absolute Gasteiger partial charge is 0.480 e. The minimum atomic E-state index is -1.21. The number of amides is 1. The summed E-state index contributed by atoms with van der Waals surface area (Å²) < 4.78 is 1.26. The molecule has 7 heteroatoms. The van der Waals surface area contributed by atoms with Crippen molar-refractivity contribution in [3.63, 3.8) is 0 Å². The van der Waals surface area contributed by atoms with Crippen LogP contribution in [0.4, 0.5) is 0 Å². The summed E-state index contributed by atoms with van der Waals surface area (Å²) in [6.45, 7) is 3.23. The summed E-state index contributed by atoms with van der Waals surface area (Å²) in [6, 6.07) is 1.79. The van der Waals surface area contributed by atoms with Gasteiger partial charge in [0.1, 0.15) is 5.54 Å². The maximum atomic E-state index is 11.8. The topological polar surface area (TPSA) is 66.4 Å². The third-order valence-corrected chi connectivity index (χ3v) is 4.74. The third-order valence-electron chi connectivity index (χ3n) is 3.17. The molecule has 1 amide bonds. The number of carboxylic acid groups (broad SMARTS) is 1. The first kappa shape index (κ1) is 17.3. The van der Waals surface area contributed by atoms with E-state index in [9.17, 15) is 9.59 Å². The molecule has 0 aliphatic heterocycles. The van der Waals surface area contributed by atoms with Crippen molar-refractivity contribution >= 4 is 46.4 Å². The number of rotatable bonds is 7. The molecule has 1 heterocycles. The van der Waals surface area contributed by atoms with Gasteiger partial charge in [-0.15, -0.1) is 11.3 Å². The van der Waals surface area contributed by atoms with Crippen molar-refractivity contribution in [3.05, 3.63) is 20.3 Å². The van der Waals surface area contributed by atoms with Gasteiger partial charge in [0, 0.05) is 6.42 Å². The second kappa shape index (κ2) is 7.29. The number of carboxylic acids is 1. The summed E-state index contributed by atoms with van der Waals surface area (Å²) in [4.78, 5) is 22.9. The molecule has 0 saturated heterocycles. The number of hydrogen-bond acceptors (Lipinski definition) is 3. The van der Waals surface area contributed by atoms with E-state index >= 15 is 0 Å². The SMILES string of the molecule is CCC(C)(NC(=O)CCCc1cc(Cl)sc1Cl)C(=O)O. The molecule has 0 aliphatic rings. The molecule has 1 atom stereocenters. The molecular weight excluding hydrogens is 321 g/mol. The molecule has 1 aromatic rings. The minimum absolute atomic E-state index is 0.257. The van der Waals surface area contributed by atoms with E-state index in [0.29, 0.717) is 27.9 Å². The summed E-state index contributed by atoms with van der Waals surface area (Å²) in [6.07, 6.45) is 1.83. The van der Waals surface area contributed by atoms with Gasteiger partial charge in [0.2, 0.25) is 5.91 Å². The molecule has 4 nitrogen and oxygen atoms in total. The lowest BCUT2D eigenvalue weighted by Crippen LogP contribution is -2.51. The highest BCUT2D eigenvalue weighted by molar-refractivity contribution is 7.20. The summed E-state index contributed by atoms with van der Waals surface area (Å²) in [5.41, 5.74) is -0.286. The first-order valence-electron chi connectivity index (χ1n) is 6.26. The van der Waals surface area contributed by atoms with Gasteiger partial charge in [-0.05, 0) is 37.8 Å². The van der Waals surface area contributed by atoms with Crippen molar-refractivity contribution in [2.45, 2.75) is 45.1 Å². The summed E-state index contributed by atoms with van der Waals surface area (Å²) in [5, 5.41) is 11.6. The predicted molar refractivity (Wildman–Crippen MR) is 81.8 cm³/mol. The molecule has 0 bridgehead atoms. The highest BCUT2D eigenvalue weighted by atomic mass is 35.5. The Morgan fingerprint density at radius 2 is 2.10 bits per heavy atom. The van der Waals surface area contributed by atoms with Crippen LogP contribution in [-0.4, -0.2) is 22.5 Å². The number of halogens is 2. The summed E-state index contributed by atoms with van der Waals surface area (Å²) in [7, 11) is 0. The van der Waals surface area contributed by atoms with E-state index in [-0.39, 0.29) is 12.3 Å². The molecule has 20 heavy (non-hydrogen) atoms. The summed E-state index contributed by atoms with van der Waals surface area (Å²) >= 11 is 13.1. The Kier molecular flexibility index (Phi) is 6.30. The maximum absolute atomic E-state index is 11.8. The third kappa shape index (κ3) is 4.65. The van der Waals surface area contributed by atoms with Gasteiger partial charge in [0.05, 0.1) is 8.67 Å². The fourth-order valence-electron chi connectivity index (χ4n) is 1.65. The van der Waals surface area contributed by atoms with E-state index in [0.717, 1.165) is 5.56 Å². The van der Waals surface area contributed by atoms with Crippen LogP contribution < -0.4 is 5.32 Å². The van der Waals surface area contributed by atoms with Crippen LogP contribution in [0.5, 0.6) is 0 Å². The van der Waals surface area contributed by atoms with Crippen LogP contribution >= 0.6 is 34.5 Å². The molecule has 1 unspecified atom stereocenters. The molecule has 0 aromatic carbocycles. The van der Waals surface area contributed by atoms with Crippen molar-refractivity contribution in [1.29, 1.82) is 0 Å². The molecule has 0 radical (unpaired) electrons. The van der Waals surface area contributed by atoms with Crippen molar-refractivity contribution in [2.24, 2.45) is 0 Å². The van der Waals surface area contributed by atoms with E-state index in [4.69, 9.17) is 28.3 Å². The predicted octanol–water partition coefficient (Wildman–Crippen LogP) is 3.75. The van der Waals surface area contributed by atoms with E-state index in [1.54, 1.807) is 13.0 Å². The standard InChI is InChI=1S/C13H17Cl2NO3S/c1-3-13(2,12(18)19)16-10(17)6-4-5-8-7-9(14)20-11(8)15/h7H,3-6H2,1-2H3,(H,16,17)(H,18,19). The van der Waals surface area contributed by atoms with E-state index in [1.807, 2.05) is 0 Å². The molecule has 1 rings (SSSR count). The zero-order valence-electron chi connectivity index (χ0n) is 11.3. The van der Waals surface area contributed by atoms with Gasteiger partial charge < -0.3 is 10.4 Å². The first-order valence-corrected chi connectivity index (χ1v) is 7.84. The quantitative estimate of drug-likeness (QED) is 0.796. The van der Waals surface area contributed by atoms with Crippen molar-refractivity contribution < 1.29 is 14.7 Å². The number of thiophene rings is 1. The fraction of sp³-hybridized carbons (Fsp3) is 0.538. The zero-order valence-corrected chi connectivity index (χ0v) is 13.7. The fourth-order valence-corrected chi connectivity index (χ4v) is 3.19. The summed E-state index contributed by atoms with van der Waals surface area (Å²) in [5.74, 6) is -1.30. The van der Waals surface area contributed by atoms with Crippen molar-refractivity contribution in [1.82, 2.24) is 5.32 Å². The number of aliphatic carboxylic acids is 1. The molecule has 0 aliphatic carbocycles. The van der Waals surface area contributed by atoms with Gasteiger partial charge in [0.15, 0.2) is 0 Å². The average Bonchev–Trinajstić information content (AvgIpc) is 2.67. The van der Waals surface area contributed by atoms with Crippen LogP contribution in [0.25, 0.3) is 0 Å². The van der Waals surface area contributed by atoms with Gasteiger partial charge in [-0.1, -0.05) is 30.1 Å². The van der Waals surface area contributed by atoms with Crippen LogP contribution in [0.2, 0.25) is 8.67 Å². The van der Waals surface area contributed by atoms with Crippen molar-refractivity contribution in [2.75, 3.05) is 0 Å². The Hall–Kier alpha value is -0.780. The van der Waals surface area contributed by atoms with Gasteiger partial charge in [-0.25, -0.2) is 4.79 Å². The van der Waals surface area contributed by atoms with Gasteiger partial charge in [0.25, 0.3) is 0 Å². The van der Waals surface area contributed by atoms with Crippen LogP contribution in [-0.2, 0) is 16.0 Å². The number of hydrogen-bond donors (Lipinski definition) is 2. The van der Waals surface area contributed by atoms with Crippen LogP contribution in [0.1, 0.15) is 38.7 Å². The van der Waals surface area contributed by atoms with Crippen LogP contribution in [0.3, 0.4) is 0 Å². The highest BCUT2D eigenvalue weighted by Crippen LogP contribution is 2.32. The number of carbonyl (C=O) groups is 2. The smallest absolute Gasteiger partial charge is 0.329 e. The second-order valence-electron chi connectivity index (χ2n) is 4.74. The normalized spacial score (nSPS) is 13.8. The van der Waals surface area contributed by atoms with Crippen molar-refractivity contribution in [3.8, 4) is 0 Å².